The van der Waals surface area contributed by atoms with Crippen molar-refractivity contribution in [3.05, 3.63) is 72.1 Å². The average molecular weight is 389 g/mol. The van der Waals surface area contributed by atoms with Crippen LogP contribution in [-0.4, -0.2) is 43.0 Å². The Hall–Kier alpha value is -4.01. The summed E-state index contributed by atoms with van der Waals surface area (Å²) in [4.78, 5) is 14.0. The van der Waals surface area contributed by atoms with Crippen molar-refractivity contribution in [3.8, 4) is 17.1 Å². The molecule has 4 rings (SSSR count). The number of methoxy groups -OCH3 is 1. The molecule has 1 amide bonds. The summed E-state index contributed by atoms with van der Waals surface area (Å²) in [6.07, 6.45) is 1.69. The zero-order valence-electron chi connectivity index (χ0n) is 16.0. The van der Waals surface area contributed by atoms with E-state index in [-0.39, 0.29) is 18.3 Å². The number of rotatable bonds is 6. The lowest BCUT2D eigenvalue weighted by atomic mass is 10.2. The van der Waals surface area contributed by atoms with Crippen molar-refractivity contribution in [2.24, 2.45) is 0 Å². The van der Waals surface area contributed by atoms with E-state index in [1.807, 2.05) is 55.5 Å². The Balaban J connectivity index is 1.46. The van der Waals surface area contributed by atoms with Gasteiger partial charge in [-0.15, -0.1) is 15.0 Å². The Labute approximate surface area is 166 Å². The topological polar surface area (TPSA) is 99.8 Å². The molecular formula is C20H19N7O2. The monoisotopic (exact) mass is 389 g/mol. The number of carbonyl (C=O) groups excluding carboxylic acids is 1. The Kier molecular flexibility index (Phi) is 5.02. The Morgan fingerprint density at radius 1 is 1.10 bits per heavy atom. The van der Waals surface area contributed by atoms with Crippen LogP contribution in [0.3, 0.4) is 0 Å². The summed E-state index contributed by atoms with van der Waals surface area (Å²) < 4.78 is 6.86. The summed E-state index contributed by atoms with van der Waals surface area (Å²) in [7, 11) is 1.56. The lowest BCUT2D eigenvalue weighted by molar-refractivity contribution is 0.102. The van der Waals surface area contributed by atoms with Crippen LogP contribution in [0.15, 0.2) is 60.8 Å². The molecule has 9 heteroatoms. The number of aryl methyl sites for hydroxylation is 1. The van der Waals surface area contributed by atoms with Crippen LogP contribution in [0.5, 0.6) is 5.75 Å². The number of ether oxygens (including phenoxy) is 1. The van der Waals surface area contributed by atoms with Gasteiger partial charge in [0.15, 0.2) is 12.4 Å². The first-order chi connectivity index (χ1) is 14.1. The van der Waals surface area contributed by atoms with Gasteiger partial charge in [-0.1, -0.05) is 36.4 Å². The van der Waals surface area contributed by atoms with Gasteiger partial charge in [-0.2, -0.15) is 5.10 Å². The number of hydrogen-bond donors (Lipinski definition) is 1. The third kappa shape index (κ3) is 4.13. The second-order valence-electron chi connectivity index (χ2n) is 6.39. The second kappa shape index (κ2) is 7.93. The summed E-state index contributed by atoms with van der Waals surface area (Å²) in [5.41, 5.74) is 2.76. The molecule has 0 radical (unpaired) electrons. The van der Waals surface area contributed by atoms with Crippen molar-refractivity contribution in [1.82, 2.24) is 30.0 Å². The molecule has 146 valence electrons. The standard InChI is InChI=1S/C20H19N7O2/c1-14-8-9-18(29-2)17(12-14)21-20(28)16-10-11-26(23-16)13-27-24-19(22-25-27)15-6-4-3-5-7-15/h3-12H,13H2,1-2H3,(H,21,28). The molecule has 0 aliphatic heterocycles. The minimum Gasteiger partial charge on any atom is -0.495 e. The largest absolute Gasteiger partial charge is 0.495 e. The molecule has 0 spiro atoms. The fourth-order valence-electron chi connectivity index (χ4n) is 2.80. The van der Waals surface area contributed by atoms with Gasteiger partial charge in [-0.25, -0.2) is 4.68 Å². The van der Waals surface area contributed by atoms with Gasteiger partial charge < -0.3 is 10.1 Å². The molecule has 0 aliphatic rings. The minimum absolute atomic E-state index is 0.237. The molecule has 0 unspecified atom stereocenters. The van der Waals surface area contributed by atoms with Crippen LogP contribution in [0.2, 0.25) is 0 Å². The zero-order valence-corrected chi connectivity index (χ0v) is 16.0. The molecule has 2 heterocycles. The van der Waals surface area contributed by atoms with Gasteiger partial charge in [0.2, 0.25) is 5.82 Å². The van der Waals surface area contributed by atoms with E-state index in [4.69, 9.17) is 4.74 Å². The lowest BCUT2D eigenvalue weighted by Gasteiger charge is -2.10. The first kappa shape index (κ1) is 18.4. The Morgan fingerprint density at radius 2 is 1.93 bits per heavy atom. The van der Waals surface area contributed by atoms with E-state index in [2.05, 4.69) is 25.8 Å². The first-order valence-corrected chi connectivity index (χ1v) is 8.95. The lowest BCUT2D eigenvalue weighted by Crippen LogP contribution is -2.16. The van der Waals surface area contributed by atoms with E-state index in [0.717, 1.165) is 11.1 Å². The summed E-state index contributed by atoms with van der Waals surface area (Å²) in [6, 6.07) is 16.8. The van der Waals surface area contributed by atoms with Crippen LogP contribution in [0.4, 0.5) is 5.69 Å². The summed E-state index contributed by atoms with van der Waals surface area (Å²) >= 11 is 0. The number of nitrogens with one attached hydrogen (secondary N) is 1. The quantitative estimate of drug-likeness (QED) is 0.544. The van der Waals surface area contributed by atoms with E-state index in [0.29, 0.717) is 17.3 Å². The molecule has 0 fully saturated rings. The molecule has 2 aromatic heterocycles. The van der Waals surface area contributed by atoms with Crippen molar-refractivity contribution in [3.63, 3.8) is 0 Å². The van der Waals surface area contributed by atoms with Crippen LogP contribution >= 0.6 is 0 Å². The summed E-state index contributed by atoms with van der Waals surface area (Å²) in [5, 5.41) is 19.6. The van der Waals surface area contributed by atoms with Crippen molar-refractivity contribution in [2.75, 3.05) is 12.4 Å². The van der Waals surface area contributed by atoms with Gasteiger partial charge in [0, 0.05) is 11.8 Å². The number of nitrogens with zero attached hydrogens (tertiary/aromatic N) is 6. The van der Waals surface area contributed by atoms with Gasteiger partial charge in [0.25, 0.3) is 5.91 Å². The van der Waals surface area contributed by atoms with Gasteiger partial charge in [0.1, 0.15) is 5.75 Å². The highest BCUT2D eigenvalue weighted by atomic mass is 16.5. The third-order valence-corrected chi connectivity index (χ3v) is 4.23. The molecule has 4 aromatic rings. The third-order valence-electron chi connectivity index (χ3n) is 4.23. The van der Waals surface area contributed by atoms with Gasteiger partial charge >= 0.3 is 0 Å². The first-order valence-electron chi connectivity index (χ1n) is 8.95. The maximum atomic E-state index is 12.6. The van der Waals surface area contributed by atoms with E-state index < -0.39 is 0 Å². The highest BCUT2D eigenvalue weighted by Crippen LogP contribution is 2.25. The Bertz CT molecular complexity index is 1130. The molecule has 0 bridgehead atoms. The highest BCUT2D eigenvalue weighted by Gasteiger charge is 2.13. The van der Waals surface area contributed by atoms with Crippen LogP contribution < -0.4 is 10.1 Å². The van der Waals surface area contributed by atoms with E-state index in [1.165, 1.54) is 4.80 Å². The fraction of sp³-hybridized carbons (Fsp3) is 0.150. The number of tetrazole rings is 1. The molecule has 1 N–H and O–H groups in total. The molecule has 2 aromatic carbocycles. The van der Waals surface area contributed by atoms with Gasteiger partial charge in [0.05, 0.1) is 12.8 Å². The van der Waals surface area contributed by atoms with Crippen molar-refractivity contribution >= 4 is 11.6 Å². The minimum atomic E-state index is -0.329. The molecule has 29 heavy (non-hydrogen) atoms. The van der Waals surface area contributed by atoms with E-state index in [1.54, 1.807) is 24.1 Å². The van der Waals surface area contributed by atoms with E-state index in [9.17, 15) is 4.79 Å². The van der Waals surface area contributed by atoms with E-state index >= 15 is 0 Å². The SMILES string of the molecule is COc1ccc(C)cc1NC(=O)c1ccn(Cn2nnc(-c3ccccc3)n2)n1. The van der Waals surface area contributed by atoms with Gasteiger partial charge in [-0.05, 0) is 35.9 Å². The summed E-state index contributed by atoms with van der Waals surface area (Å²) in [5.74, 6) is 0.787. The molecule has 9 nitrogen and oxygen atoms in total. The Morgan fingerprint density at radius 3 is 2.72 bits per heavy atom. The number of anilines is 1. The van der Waals surface area contributed by atoms with Crippen molar-refractivity contribution in [1.29, 1.82) is 0 Å². The second-order valence-corrected chi connectivity index (χ2v) is 6.39. The number of hydrogen-bond acceptors (Lipinski definition) is 6. The number of aromatic nitrogens is 6. The maximum Gasteiger partial charge on any atom is 0.276 e. The molecule has 0 saturated heterocycles. The smallest absolute Gasteiger partial charge is 0.276 e. The van der Waals surface area contributed by atoms with Crippen molar-refractivity contribution < 1.29 is 9.53 Å². The predicted molar refractivity (Wildman–Crippen MR) is 107 cm³/mol. The van der Waals surface area contributed by atoms with Crippen LogP contribution in [-0.2, 0) is 6.67 Å². The highest BCUT2D eigenvalue weighted by molar-refractivity contribution is 6.03. The predicted octanol–water partition coefficient (Wildman–Crippen LogP) is 2.61. The molecule has 0 aliphatic carbocycles. The van der Waals surface area contributed by atoms with Crippen molar-refractivity contribution in [2.45, 2.75) is 13.6 Å². The number of carbonyl (C=O) groups is 1. The number of amides is 1. The normalized spacial score (nSPS) is 10.7. The van der Waals surface area contributed by atoms with Gasteiger partial charge in [-0.3, -0.25) is 4.79 Å². The molecule has 0 atom stereocenters. The number of benzene rings is 2. The van der Waals surface area contributed by atoms with Crippen LogP contribution in [0.25, 0.3) is 11.4 Å². The fourth-order valence-corrected chi connectivity index (χ4v) is 2.80. The van der Waals surface area contributed by atoms with Crippen LogP contribution in [0.1, 0.15) is 16.1 Å². The van der Waals surface area contributed by atoms with Crippen LogP contribution in [0, 0.1) is 6.92 Å². The zero-order chi connectivity index (χ0) is 20.2. The average Bonchev–Trinajstić information content (AvgIpc) is 3.39. The molecule has 0 saturated carbocycles. The summed E-state index contributed by atoms with van der Waals surface area (Å²) in [6.45, 7) is 2.18. The molecular weight excluding hydrogens is 370 g/mol. The maximum absolute atomic E-state index is 12.6.